The van der Waals surface area contributed by atoms with Crippen molar-refractivity contribution in [2.45, 2.75) is 26.3 Å². The maximum Gasteiger partial charge on any atom is 0.243 e. The zero-order valence-corrected chi connectivity index (χ0v) is 10.3. The van der Waals surface area contributed by atoms with Crippen LogP contribution >= 0.6 is 0 Å². The molecule has 0 fully saturated rings. The van der Waals surface area contributed by atoms with Gasteiger partial charge in [-0.2, -0.15) is 0 Å². The molecular formula is C11H19N5O. The molecule has 1 atom stereocenters. The molecule has 7 N–H and O–H groups in total. The maximum atomic E-state index is 11.5. The molecule has 0 aliphatic rings. The number of nitrogens with zero attached hydrogens (tertiary/aromatic N) is 1. The smallest absolute Gasteiger partial charge is 0.243 e. The second kappa shape index (κ2) is 4.48. The van der Waals surface area contributed by atoms with Gasteiger partial charge in [0.2, 0.25) is 5.91 Å². The minimum Gasteiger partial charge on any atom is -0.396 e. The molecule has 1 heterocycles. The van der Waals surface area contributed by atoms with E-state index in [1.54, 1.807) is 19.1 Å². The highest BCUT2D eigenvalue weighted by Crippen LogP contribution is 2.23. The van der Waals surface area contributed by atoms with E-state index in [2.05, 4.69) is 10.3 Å². The summed E-state index contributed by atoms with van der Waals surface area (Å²) < 4.78 is 0. The molecule has 0 aromatic carbocycles. The normalized spacial score (nSPS) is 14.4. The zero-order valence-electron chi connectivity index (χ0n) is 10.3. The Labute approximate surface area is 101 Å². The summed E-state index contributed by atoms with van der Waals surface area (Å²) in [6.45, 7) is 5.53. The minimum absolute atomic E-state index is 0.0144. The number of pyridine rings is 1. The van der Waals surface area contributed by atoms with Gasteiger partial charge in [-0.15, -0.1) is 0 Å². The van der Waals surface area contributed by atoms with Gasteiger partial charge in [0.1, 0.15) is 17.2 Å². The van der Waals surface area contributed by atoms with Gasteiger partial charge in [-0.1, -0.05) is 13.8 Å². The molecule has 0 radical (unpaired) electrons. The average Bonchev–Trinajstić information content (AvgIpc) is 2.22. The summed E-state index contributed by atoms with van der Waals surface area (Å²) >= 11 is 0. The van der Waals surface area contributed by atoms with Crippen LogP contribution in [0.15, 0.2) is 12.1 Å². The van der Waals surface area contributed by atoms with E-state index in [0.717, 1.165) is 0 Å². The molecule has 1 aromatic rings. The first-order valence-corrected chi connectivity index (χ1v) is 5.37. The lowest BCUT2D eigenvalue weighted by molar-refractivity contribution is -0.123. The SMILES string of the molecule is CC(C)C(C)(Nc1ccc(N)c(N)n1)C(N)=O. The van der Waals surface area contributed by atoms with Crippen LogP contribution in [-0.2, 0) is 4.79 Å². The van der Waals surface area contributed by atoms with Crippen LogP contribution in [0.4, 0.5) is 17.3 Å². The number of aromatic nitrogens is 1. The highest BCUT2D eigenvalue weighted by Gasteiger charge is 2.34. The Balaban J connectivity index is 3.02. The van der Waals surface area contributed by atoms with Gasteiger partial charge in [0.25, 0.3) is 0 Å². The molecule has 0 saturated carbocycles. The number of hydrogen-bond donors (Lipinski definition) is 4. The van der Waals surface area contributed by atoms with Gasteiger partial charge in [-0.05, 0) is 25.0 Å². The molecule has 0 aliphatic carbocycles. The quantitative estimate of drug-likeness (QED) is 0.609. The average molecular weight is 237 g/mol. The lowest BCUT2D eigenvalue weighted by atomic mass is 9.87. The number of rotatable bonds is 4. The largest absolute Gasteiger partial charge is 0.396 e. The maximum absolute atomic E-state index is 11.5. The fourth-order valence-corrected chi connectivity index (χ4v) is 1.31. The fourth-order valence-electron chi connectivity index (χ4n) is 1.31. The third-order valence-corrected chi connectivity index (χ3v) is 3.01. The Kier molecular flexibility index (Phi) is 3.45. The van der Waals surface area contributed by atoms with Gasteiger partial charge in [-0.25, -0.2) is 4.98 Å². The van der Waals surface area contributed by atoms with E-state index < -0.39 is 11.4 Å². The van der Waals surface area contributed by atoms with Crippen molar-refractivity contribution in [3.8, 4) is 0 Å². The second-order valence-electron chi connectivity index (χ2n) is 4.52. The molecule has 1 amide bonds. The molecule has 17 heavy (non-hydrogen) atoms. The predicted octanol–water partition coefficient (Wildman–Crippen LogP) is 0.558. The summed E-state index contributed by atoms with van der Waals surface area (Å²) in [5, 5.41) is 3.00. The van der Waals surface area contributed by atoms with Crippen LogP contribution in [0.5, 0.6) is 0 Å². The van der Waals surface area contributed by atoms with Gasteiger partial charge in [0, 0.05) is 0 Å². The highest BCUT2D eigenvalue weighted by molar-refractivity contribution is 5.87. The summed E-state index contributed by atoms with van der Waals surface area (Å²) in [4.78, 5) is 15.6. The molecule has 1 rings (SSSR count). The van der Waals surface area contributed by atoms with Crippen molar-refractivity contribution >= 4 is 23.2 Å². The van der Waals surface area contributed by atoms with E-state index in [0.29, 0.717) is 11.5 Å². The summed E-state index contributed by atoms with van der Waals surface area (Å²) in [7, 11) is 0. The number of nitrogens with two attached hydrogens (primary N) is 3. The highest BCUT2D eigenvalue weighted by atomic mass is 16.1. The number of nitrogens with one attached hydrogen (secondary N) is 1. The van der Waals surface area contributed by atoms with Crippen molar-refractivity contribution in [1.82, 2.24) is 4.98 Å². The molecule has 6 heteroatoms. The topological polar surface area (TPSA) is 120 Å². The third-order valence-electron chi connectivity index (χ3n) is 3.01. The van der Waals surface area contributed by atoms with Crippen LogP contribution in [0.1, 0.15) is 20.8 Å². The van der Waals surface area contributed by atoms with Crippen LogP contribution < -0.4 is 22.5 Å². The monoisotopic (exact) mass is 237 g/mol. The van der Waals surface area contributed by atoms with Crippen molar-refractivity contribution in [3.63, 3.8) is 0 Å². The zero-order chi connectivity index (χ0) is 13.2. The summed E-state index contributed by atoms with van der Waals surface area (Å²) in [5.74, 6) is 0.280. The number of amides is 1. The summed E-state index contributed by atoms with van der Waals surface area (Å²) in [6, 6.07) is 3.29. The van der Waals surface area contributed by atoms with Crippen LogP contribution in [-0.4, -0.2) is 16.4 Å². The van der Waals surface area contributed by atoms with Crippen LogP contribution in [0.25, 0.3) is 0 Å². The molecule has 94 valence electrons. The molecular weight excluding hydrogens is 218 g/mol. The molecule has 0 aliphatic heterocycles. The molecule has 0 bridgehead atoms. The fraction of sp³-hybridized carbons (Fsp3) is 0.455. The van der Waals surface area contributed by atoms with Gasteiger partial charge in [0.05, 0.1) is 5.69 Å². The number of hydrogen-bond acceptors (Lipinski definition) is 5. The summed E-state index contributed by atoms with van der Waals surface area (Å²) in [6.07, 6.45) is 0. The number of nitrogen functional groups attached to an aromatic ring is 2. The lowest BCUT2D eigenvalue weighted by Crippen LogP contribution is -2.52. The summed E-state index contributed by atoms with van der Waals surface area (Å²) in [5.41, 5.74) is 16.1. The Morgan fingerprint density at radius 3 is 2.41 bits per heavy atom. The molecule has 0 spiro atoms. The van der Waals surface area contributed by atoms with Crippen molar-refractivity contribution in [3.05, 3.63) is 12.1 Å². The molecule has 1 unspecified atom stereocenters. The second-order valence-corrected chi connectivity index (χ2v) is 4.52. The van der Waals surface area contributed by atoms with Crippen molar-refractivity contribution in [2.24, 2.45) is 11.7 Å². The van der Waals surface area contributed by atoms with Gasteiger partial charge in [-0.3, -0.25) is 4.79 Å². The Morgan fingerprint density at radius 1 is 1.41 bits per heavy atom. The minimum atomic E-state index is -0.879. The lowest BCUT2D eigenvalue weighted by Gasteiger charge is -2.32. The Hall–Kier alpha value is -1.98. The van der Waals surface area contributed by atoms with Crippen molar-refractivity contribution < 1.29 is 4.79 Å². The number of carbonyl (C=O) groups is 1. The standard InChI is InChI=1S/C11H19N5O/c1-6(2)11(3,10(14)17)16-8-5-4-7(12)9(13)15-8/h4-6H,12H2,1-3H3,(H2,14,17)(H3,13,15,16). The van der Waals surface area contributed by atoms with E-state index in [9.17, 15) is 4.79 Å². The van der Waals surface area contributed by atoms with E-state index in [1.807, 2.05) is 13.8 Å². The first kappa shape index (κ1) is 13.1. The molecule has 6 nitrogen and oxygen atoms in total. The Bertz CT molecular complexity index is 432. The third kappa shape index (κ3) is 2.58. The van der Waals surface area contributed by atoms with Crippen LogP contribution in [0, 0.1) is 5.92 Å². The van der Waals surface area contributed by atoms with Crippen molar-refractivity contribution in [1.29, 1.82) is 0 Å². The molecule has 0 saturated heterocycles. The number of anilines is 3. The molecule has 1 aromatic heterocycles. The van der Waals surface area contributed by atoms with Crippen LogP contribution in [0.2, 0.25) is 0 Å². The Morgan fingerprint density at radius 2 is 2.00 bits per heavy atom. The van der Waals surface area contributed by atoms with E-state index in [-0.39, 0.29) is 11.7 Å². The number of carbonyl (C=O) groups excluding carboxylic acids is 1. The van der Waals surface area contributed by atoms with Gasteiger partial charge >= 0.3 is 0 Å². The van der Waals surface area contributed by atoms with Crippen molar-refractivity contribution in [2.75, 3.05) is 16.8 Å². The van der Waals surface area contributed by atoms with Gasteiger partial charge < -0.3 is 22.5 Å². The van der Waals surface area contributed by atoms with Gasteiger partial charge in [0.15, 0.2) is 0 Å². The van der Waals surface area contributed by atoms with E-state index >= 15 is 0 Å². The van der Waals surface area contributed by atoms with E-state index in [1.165, 1.54) is 0 Å². The number of primary amides is 1. The first-order chi connectivity index (χ1) is 7.77. The van der Waals surface area contributed by atoms with E-state index in [4.69, 9.17) is 17.2 Å². The predicted molar refractivity (Wildman–Crippen MR) is 69.1 cm³/mol. The first-order valence-electron chi connectivity index (χ1n) is 5.37. The van der Waals surface area contributed by atoms with Crippen LogP contribution in [0.3, 0.4) is 0 Å².